The summed E-state index contributed by atoms with van der Waals surface area (Å²) in [5.74, 6) is 0.565. The van der Waals surface area contributed by atoms with E-state index < -0.39 is 0 Å². The highest BCUT2D eigenvalue weighted by molar-refractivity contribution is 5.84. The smallest absolute Gasteiger partial charge is 0.0417 e. The molecule has 0 aromatic rings. The van der Waals surface area contributed by atoms with Gasteiger partial charge in [0, 0.05) is 30.9 Å². The molecule has 1 N–H and O–H groups in total. The molecule has 0 amide bonds. The second-order valence-corrected chi connectivity index (χ2v) is 4.06. The predicted molar refractivity (Wildman–Crippen MR) is 58.1 cm³/mol. The molecule has 0 aliphatic carbocycles. The van der Waals surface area contributed by atoms with Crippen LogP contribution in [0.1, 0.15) is 34.1 Å². The highest BCUT2D eigenvalue weighted by Crippen LogP contribution is 2.14. The van der Waals surface area contributed by atoms with E-state index in [9.17, 15) is 0 Å². The maximum absolute atomic E-state index is 4.67. The van der Waals surface area contributed by atoms with E-state index in [-0.39, 0.29) is 0 Å². The number of rotatable bonds is 2. The summed E-state index contributed by atoms with van der Waals surface area (Å²) in [6, 6.07) is 0. The SMILES string of the molecule is CC(=NC1=C(C)CNCC1)C(C)C. The van der Waals surface area contributed by atoms with Crippen molar-refractivity contribution >= 4 is 5.71 Å². The van der Waals surface area contributed by atoms with Crippen molar-refractivity contribution in [1.82, 2.24) is 5.32 Å². The lowest BCUT2D eigenvalue weighted by molar-refractivity contribution is 0.670. The van der Waals surface area contributed by atoms with Crippen LogP contribution in [0, 0.1) is 5.92 Å². The number of hydrogen-bond acceptors (Lipinski definition) is 2. The first-order valence-corrected chi connectivity index (χ1v) is 5.05. The molecule has 2 nitrogen and oxygen atoms in total. The van der Waals surface area contributed by atoms with Gasteiger partial charge in [-0.3, -0.25) is 4.99 Å². The molecule has 1 aliphatic rings. The van der Waals surface area contributed by atoms with Crippen LogP contribution in [0.2, 0.25) is 0 Å². The lowest BCUT2D eigenvalue weighted by atomic mass is 10.1. The van der Waals surface area contributed by atoms with E-state index >= 15 is 0 Å². The van der Waals surface area contributed by atoms with Gasteiger partial charge in [0.1, 0.15) is 0 Å². The molecule has 1 heterocycles. The molecule has 0 bridgehead atoms. The Morgan fingerprint density at radius 3 is 2.69 bits per heavy atom. The summed E-state index contributed by atoms with van der Waals surface area (Å²) in [6.07, 6.45) is 1.08. The van der Waals surface area contributed by atoms with Gasteiger partial charge in [0.15, 0.2) is 0 Å². The second kappa shape index (κ2) is 4.56. The third-order valence-corrected chi connectivity index (χ3v) is 2.57. The van der Waals surface area contributed by atoms with Gasteiger partial charge in [0.05, 0.1) is 0 Å². The average molecular weight is 180 g/mol. The minimum Gasteiger partial charge on any atom is -0.313 e. The molecule has 1 aliphatic heterocycles. The van der Waals surface area contributed by atoms with Crippen molar-refractivity contribution < 1.29 is 0 Å². The Labute approximate surface area is 81.1 Å². The standard InChI is InChI=1S/C11H20N2/c1-8(2)10(4)13-11-5-6-12-7-9(11)3/h8,12H,5-7H2,1-4H3. The van der Waals surface area contributed by atoms with Crippen molar-refractivity contribution in [1.29, 1.82) is 0 Å². The first-order valence-electron chi connectivity index (χ1n) is 5.05. The summed E-state index contributed by atoms with van der Waals surface area (Å²) in [5, 5.41) is 3.34. The first kappa shape index (κ1) is 10.5. The Kier molecular flexibility index (Phi) is 3.67. The summed E-state index contributed by atoms with van der Waals surface area (Å²) in [4.78, 5) is 4.67. The molecule has 0 fully saturated rings. The van der Waals surface area contributed by atoms with E-state index in [4.69, 9.17) is 0 Å². The normalized spacial score (nSPS) is 19.9. The van der Waals surface area contributed by atoms with Gasteiger partial charge in [0.2, 0.25) is 0 Å². The molecular formula is C11H20N2. The Bertz CT molecular complexity index is 236. The molecule has 0 radical (unpaired) electrons. The molecule has 2 heteroatoms. The summed E-state index contributed by atoms with van der Waals surface area (Å²) in [5.41, 5.74) is 3.94. The van der Waals surface area contributed by atoms with Crippen molar-refractivity contribution in [3.05, 3.63) is 11.3 Å². The van der Waals surface area contributed by atoms with Gasteiger partial charge >= 0.3 is 0 Å². The molecular weight excluding hydrogens is 160 g/mol. The van der Waals surface area contributed by atoms with Crippen molar-refractivity contribution in [2.75, 3.05) is 13.1 Å². The van der Waals surface area contributed by atoms with Gasteiger partial charge < -0.3 is 5.32 Å². The lowest BCUT2D eigenvalue weighted by Crippen LogP contribution is -2.24. The summed E-state index contributed by atoms with van der Waals surface area (Å²) in [7, 11) is 0. The van der Waals surface area contributed by atoms with Gasteiger partial charge in [-0.1, -0.05) is 13.8 Å². The molecule has 0 saturated heterocycles. The van der Waals surface area contributed by atoms with E-state index in [1.165, 1.54) is 17.0 Å². The molecule has 0 unspecified atom stereocenters. The largest absolute Gasteiger partial charge is 0.313 e. The van der Waals surface area contributed by atoms with Crippen LogP contribution in [0.3, 0.4) is 0 Å². The zero-order valence-electron chi connectivity index (χ0n) is 9.15. The molecule has 1 rings (SSSR count). The quantitative estimate of drug-likeness (QED) is 0.648. The fourth-order valence-corrected chi connectivity index (χ4v) is 1.29. The lowest BCUT2D eigenvalue weighted by Gasteiger charge is -2.16. The molecule has 0 aromatic heterocycles. The third-order valence-electron chi connectivity index (χ3n) is 2.57. The monoisotopic (exact) mass is 180 g/mol. The van der Waals surface area contributed by atoms with E-state index in [0.29, 0.717) is 5.92 Å². The zero-order valence-corrected chi connectivity index (χ0v) is 9.15. The minimum atomic E-state index is 0.565. The van der Waals surface area contributed by atoms with Crippen molar-refractivity contribution in [2.24, 2.45) is 10.9 Å². The topological polar surface area (TPSA) is 24.4 Å². The van der Waals surface area contributed by atoms with Gasteiger partial charge in [-0.05, 0) is 25.3 Å². The van der Waals surface area contributed by atoms with Crippen LogP contribution in [-0.2, 0) is 0 Å². The minimum absolute atomic E-state index is 0.565. The van der Waals surface area contributed by atoms with Crippen LogP contribution >= 0.6 is 0 Å². The predicted octanol–water partition coefficient (Wildman–Crippen LogP) is 2.37. The van der Waals surface area contributed by atoms with Crippen LogP contribution in [0.4, 0.5) is 0 Å². The van der Waals surface area contributed by atoms with Crippen LogP contribution in [0.5, 0.6) is 0 Å². The highest BCUT2D eigenvalue weighted by Gasteiger charge is 2.08. The molecule has 74 valence electrons. The Morgan fingerprint density at radius 1 is 1.46 bits per heavy atom. The van der Waals surface area contributed by atoms with E-state index in [1.807, 2.05) is 0 Å². The summed E-state index contributed by atoms with van der Waals surface area (Å²) in [6.45, 7) is 10.7. The van der Waals surface area contributed by atoms with Crippen LogP contribution in [-0.4, -0.2) is 18.8 Å². The summed E-state index contributed by atoms with van der Waals surface area (Å²) >= 11 is 0. The van der Waals surface area contributed by atoms with Crippen molar-refractivity contribution in [3.63, 3.8) is 0 Å². The third kappa shape index (κ3) is 2.96. The average Bonchev–Trinajstić information content (AvgIpc) is 2.08. The van der Waals surface area contributed by atoms with E-state index in [1.54, 1.807) is 0 Å². The fourth-order valence-electron chi connectivity index (χ4n) is 1.29. The molecule has 0 saturated carbocycles. The van der Waals surface area contributed by atoms with Crippen LogP contribution < -0.4 is 5.32 Å². The summed E-state index contributed by atoms with van der Waals surface area (Å²) < 4.78 is 0. The van der Waals surface area contributed by atoms with Gasteiger partial charge in [-0.25, -0.2) is 0 Å². The highest BCUT2D eigenvalue weighted by atomic mass is 14.9. The van der Waals surface area contributed by atoms with Crippen LogP contribution in [0.15, 0.2) is 16.3 Å². The maximum Gasteiger partial charge on any atom is 0.0417 e. The maximum atomic E-state index is 4.67. The fraction of sp³-hybridized carbons (Fsp3) is 0.727. The second-order valence-electron chi connectivity index (χ2n) is 4.06. The Hall–Kier alpha value is -0.630. The first-order chi connectivity index (χ1) is 6.11. The van der Waals surface area contributed by atoms with Crippen molar-refractivity contribution in [3.8, 4) is 0 Å². The van der Waals surface area contributed by atoms with E-state index in [2.05, 4.69) is 38.0 Å². The molecule has 0 spiro atoms. The van der Waals surface area contributed by atoms with Gasteiger partial charge in [0.25, 0.3) is 0 Å². The zero-order chi connectivity index (χ0) is 9.84. The number of aliphatic imine (C=N–C) groups is 1. The Balaban J connectivity index is 2.76. The molecule has 13 heavy (non-hydrogen) atoms. The van der Waals surface area contributed by atoms with Crippen molar-refractivity contribution in [2.45, 2.75) is 34.1 Å². The van der Waals surface area contributed by atoms with E-state index in [0.717, 1.165) is 19.5 Å². The molecule has 0 aromatic carbocycles. The molecule has 0 atom stereocenters. The number of nitrogens with zero attached hydrogens (tertiary/aromatic N) is 1. The van der Waals surface area contributed by atoms with Crippen LogP contribution in [0.25, 0.3) is 0 Å². The number of hydrogen-bond donors (Lipinski definition) is 1. The number of nitrogens with one attached hydrogen (secondary N) is 1. The Morgan fingerprint density at radius 2 is 2.15 bits per heavy atom. The van der Waals surface area contributed by atoms with Gasteiger partial charge in [-0.2, -0.15) is 0 Å². The van der Waals surface area contributed by atoms with Gasteiger partial charge in [-0.15, -0.1) is 0 Å².